The number of benzene rings is 1. The van der Waals surface area contributed by atoms with E-state index in [1.54, 1.807) is 6.92 Å². The number of ether oxygens (including phenoxy) is 3. The van der Waals surface area contributed by atoms with Crippen molar-refractivity contribution in [2.24, 2.45) is 0 Å². The first kappa shape index (κ1) is 45.7. The summed E-state index contributed by atoms with van der Waals surface area (Å²) in [6, 6.07) is 9.89. The number of hydrogen-bond acceptors (Lipinski definition) is 9. The van der Waals surface area contributed by atoms with Gasteiger partial charge in [0.05, 0.1) is 13.2 Å². The van der Waals surface area contributed by atoms with Gasteiger partial charge in [0.2, 0.25) is 0 Å². The summed E-state index contributed by atoms with van der Waals surface area (Å²) in [5.41, 5.74) is 1.76. The van der Waals surface area contributed by atoms with Crippen molar-refractivity contribution in [1.29, 1.82) is 0 Å². The van der Waals surface area contributed by atoms with Crippen molar-refractivity contribution >= 4 is 23.9 Å². The van der Waals surface area contributed by atoms with Crippen molar-refractivity contribution in [2.75, 3.05) is 33.0 Å². The highest BCUT2D eigenvalue weighted by atomic mass is 16.5. The molecule has 10 heteroatoms. The lowest BCUT2D eigenvalue weighted by Crippen LogP contribution is -2.04. The molecule has 0 radical (unpaired) electrons. The molecule has 1 aromatic carbocycles. The van der Waals surface area contributed by atoms with Crippen molar-refractivity contribution in [3.63, 3.8) is 0 Å². The molecule has 10 nitrogen and oxygen atoms in total. The average Bonchev–Trinajstić information content (AvgIpc) is 3.00. The zero-order valence-electron chi connectivity index (χ0n) is 25.9. The van der Waals surface area contributed by atoms with Crippen LogP contribution in [0.3, 0.4) is 0 Å². The maximum Gasteiger partial charge on any atom is 0.333 e. The largest absolute Gasteiger partial charge is 0.478 e. The molecule has 1 aromatic rings. The highest BCUT2D eigenvalue weighted by Gasteiger charge is 1.99. The van der Waals surface area contributed by atoms with E-state index in [0.717, 1.165) is 32.1 Å². The quantitative estimate of drug-likeness (QED) is 0.0801. The molecular weight excluding hydrogens is 556 g/mol. The number of hydrogen-bond donors (Lipinski definition) is 3. The minimum absolute atomic E-state index is 0.176. The Morgan fingerprint density at radius 3 is 1.58 bits per heavy atom. The number of carboxylic acids is 1. The molecule has 0 atom stereocenters. The first-order chi connectivity index (χ1) is 20.4. The van der Waals surface area contributed by atoms with Gasteiger partial charge in [0.25, 0.3) is 0 Å². The molecule has 3 N–H and O–H groups in total. The zero-order chi connectivity index (χ0) is 33.9. The maximum absolute atomic E-state index is 10.7. The number of carboxylic acid groups (broad SMARTS) is 1. The van der Waals surface area contributed by atoms with E-state index >= 15 is 0 Å². The van der Waals surface area contributed by atoms with E-state index in [1.807, 2.05) is 37.3 Å². The number of unbranched alkanes of at least 4 members (excludes halogenated alkanes) is 2. The van der Waals surface area contributed by atoms with E-state index in [1.165, 1.54) is 30.7 Å². The van der Waals surface area contributed by atoms with Crippen LogP contribution in [0.25, 0.3) is 0 Å². The van der Waals surface area contributed by atoms with Crippen LogP contribution in [0.4, 0.5) is 0 Å². The van der Waals surface area contributed by atoms with Gasteiger partial charge < -0.3 is 29.5 Å². The third-order valence-electron chi connectivity index (χ3n) is 4.17. The number of aliphatic hydroxyl groups excluding tert-OH is 2. The summed E-state index contributed by atoms with van der Waals surface area (Å²) in [5, 5.41) is 24.1. The van der Waals surface area contributed by atoms with Crippen LogP contribution >= 0.6 is 0 Å². The van der Waals surface area contributed by atoms with E-state index in [4.69, 9.17) is 20.1 Å². The predicted octanol–water partition coefficient (Wildman–Crippen LogP) is 5.16. The van der Waals surface area contributed by atoms with Crippen LogP contribution in [-0.4, -0.2) is 72.2 Å². The van der Waals surface area contributed by atoms with Crippen LogP contribution in [0.15, 0.2) is 92.6 Å². The van der Waals surface area contributed by atoms with Gasteiger partial charge in [-0.2, -0.15) is 0 Å². The van der Waals surface area contributed by atoms with Gasteiger partial charge in [-0.05, 0) is 38.7 Å². The molecule has 0 saturated carbocycles. The Hall–Kier alpha value is -4.28. The predicted molar refractivity (Wildman–Crippen MR) is 169 cm³/mol. The van der Waals surface area contributed by atoms with E-state index in [9.17, 15) is 19.2 Å². The van der Waals surface area contributed by atoms with Gasteiger partial charge in [-0.15, -0.1) is 0 Å². The van der Waals surface area contributed by atoms with Crippen molar-refractivity contribution in [2.45, 2.75) is 52.9 Å². The lowest BCUT2D eigenvalue weighted by atomic mass is 10.2. The van der Waals surface area contributed by atoms with Gasteiger partial charge in [0.1, 0.15) is 6.61 Å². The highest BCUT2D eigenvalue weighted by Crippen LogP contribution is 1.99. The Balaban J connectivity index is -0.000000229. The van der Waals surface area contributed by atoms with Crippen LogP contribution in [0.5, 0.6) is 0 Å². The number of aliphatic carboxylic acids is 1. The molecule has 0 fully saturated rings. The van der Waals surface area contributed by atoms with E-state index in [0.29, 0.717) is 18.8 Å². The second-order valence-electron chi connectivity index (χ2n) is 8.24. The van der Waals surface area contributed by atoms with Gasteiger partial charge >= 0.3 is 23.9 Å². The third-order valence-corrected chi connectivity index (χ3v) is 4.17. The molecule has 0 aliphatic carbocycles. The van der Waals surface area contributed by atoms with Crippen LogP contribution in [0, 0.1) is 0 Å². The topological polar surface area (TPSA) is 157 Å². The number of aliphatic hydroxyl groups is 2. The van der Waals surface area contributed by atoms with Gasteiger partial charge in [0, 0.05) is 42.9 Å². The van der Waals surface area contributed by atoms with Gasteiger partial charge in [-0.25, -0.2) is 19.2 Å². The summed E-state index contributed by atoms with van der Waals surface area (Å²) in [4.78, 5) is 41.1. The third kappa shape index (κ3) is 42.3. The fourth-order valence-electron chi connectivity index (χ4n) is 1.83. The SMILES string of the molecule is C=C(C)C(=O)O.C=CC(=O)OCCCC.C=CC(=O)OCCc1ccccc1.C=CCOC(=O)C(=C)C.OCCCCO. The maximum atomic E-state index is 10.7. The fraction of sp³-hybridized carbons (Fsp3) is 0.394. The van der Waals surface area contributed by atoms with Crippen LogP contribution < -0.4 is 0 Å². The number of esters is 3. The minimum atomic E-state index is -0.935. The molecular formula is C33H50O10. The highest BCUT2D eigenvalue weighted by molar-refractivity contribution is 5.87. The zero-order valence-corrected chi connectivity index (χ0v) is 25.9. The Labute approximate surface area is 256 Å². The van der Waals surface area contributed by atoms with Crippen molar-refractivity contribution in [3.05, 3.63) is 98.2 Å². The Kier molecular flexibility index (Phi) is 38.0. The summed E-state index contributed by atoms with van der Waals surface area (Å²) in [7, 11) is 0. The Morgan fingerprint density at radius 1 is 0.767 bits per heavy atom. The molecule has 0 aliphatic heterocycles. The van der Waals surface area contributed by atoms with E-state index in [-0.39, 0.29) is 43.3 Å². The summed E-state index contributed by atoms with van der Waals surface area (Å²) in [5.74, 6) is -2.00. The van der Waals surface area contributed by atoms with Gasteiger partial charge in [-0.1, -0.05) is 82.6 Å². The lowest BCUT2D eigenvalue weighted by molar-refractivity contribution is -0.138. The Bertz CT molecular complexity index is 920. The van der Waals surface area contributed by atoms with Gasteiger partial charge in [0.15, 0.2) is 0 Å². The van der Waals surface area contributed by atoms with Crippen LogP contribution in [0.1, 0.15) is 52.0 Å². The first-order valence-corrected chi connectivity index (χ1v) is 13.5. The normalized spacial score (nSPS) is 8.58. The monoisotopic (exact) mass is 606 g/mol. The van der Waals surface area contributed by atoms with Crippen molar-refractivity contribution < 1.29 is 48.7 Å². The first-order valence-electron chi connectivity index (χ1n) is 13.5. The lowest BCUT2D eigenvalue weighted by Gasteiger charge is -2.01. The molecule has 0 spiro atoms. The molecule has 242 valence electrons. The summed E-state index contributed by atoms with van der Waals surface area (Å²) >= 11 is 0. The average molecular weight is 607 g/mol. The second-order valence-corrected chi connectivity index (χ2v) is 8.24. The van der Waals surface area contributed by atoms with Crippen LogP contribution in [0.2, 0.25) is 0 Å². The van der Waals surface area contributed by atoms with Crippen LogP contribution in [-0.2, 0) is 39.8 Å². The molecule has 43 heavy (non-hydrogen) atoms. The molecule has 0 aliphatic rings. The molecule has 0 heterocycles. The number of carbonyl (C=O) groups excluding carboxylic acids is 3. The fourth-order valence-corrected chi connectivity index (χ4v) is 1.83. The number of rotatable bonds is 15. The molecule has 0 saturated heterocycles. The molecule has 0 amide bonds. The number of carbonyl (C=O) groups is 4. The minimum Gasteiger partial charge on any atom is -0.478 e. The molecule has 0 unspecified atom stereocenters. The van der Waals surface area contributed by atoms with E-state index < -0.39 is 5.97 Å². The smallest absolute Gasteiger partial charge is 0.333 e. The van der Waals surface area contributed by atoms with Crippen molar-refractivity contribution in [1.82, 2.24) is 0 Å². The van der Waals surface area contributed by atoms with Crippen molar-refractivity contribution in [3.8, 4) is 0 Å². The second kappa shape index (κ2) is 35.7. The summed E-state index contributed by atoms with van der Waals surface area (Å²) in [6.07, 6.45) is 8.03. The summed E-state index contributed by atoms with van der Waals surface area (Å²) < 4.78 is 14.1. The van der Waals surface area contributed by atoms with E-state index in [2.05, 4.69) is 42.4 Å². The molecule has 0 bridgehead atoms. The standard InChI is InChI=1S/C11H12O2.C7H10O2.C7H12O2.C4H6O2.C4H10O2/c1-2-11(12)13-9-8-10-6-4-3-5-7-10;1-4-5-9-7(8)6(2)3;1-3-5-6-9-7(8)4-2;1-3(2)4(5)6;5-3-1-2-4-6/h2-7H,1,8-9H2;4H,1-2,5H2,3H3;4H,2-3,5-6H2,1H3;1H2,2H3,(H,5,6);5-6H,1-4H2. The van der Waals surface area contributed by atoms with Gasteiger partial charge in [-0.3, -0.25) is 0 Å². The Morgan fingerprint density at radius 2 is 1.23 bits per heavy atom. The summed E-state index contributed by atoms with van der Waals surface area (Å²) in [6.45, 7) is 23.2. The molecule has 0 aromatic heterocycles. The molecule has 1 rings (SSSR count).